The molecule has 0 spiro atoms. The molecule has 0 aliphatic carbocycles. The number of carbonyl (C=O) groups is 2. The van der Waals surface area contributed by atoms with Crippen LogP contribution in [0.25, 0.3) is 0 Å². The van der Waals surface area contributed by atoms with Crippen molar-refractivity contribution in [3.63, 3.8) is 0 Å². The first kappa shape index (κ1) is 14.4. The van der Waals surface area contributed by atoms with Crippen molar-refractivity contribution in [3.05, 3.63) is 59.7 Å². The van der Waals surface area contributed by atoms with Gasteiger partial charge in [-0.3, -0.25) is 9.59 Å². The number of ether oxygens (including phenoxy) is 1. The van der Waals surface area contributed by atoms with Gasteiger partial charge in [-0.2, -0.15) is 0 Å². The summed E-state index contributed by atoms with van der Waals surface area (Å²) in [6.45, 7) is 0. The van der Waals surface area contributed by atoms with Crippen LogP contribution < -0.4 is 4.74 Å². The van der Waals surface area contributed by atoms with E-state index in [2.05, 4.69) is 0 Å². The number of hydrogen-bond donors (Lipinski definition) is 1. The Balaban J connectivity index is 0.000000191. The zero-order valence-corrected chi connectivity index (χ0v) is 10.4. The van der Waals surface area contributed by atoms with Gasteiger partial charge in [-0.25, -0.2) is 0 Å². The van der Waals surface area contributed by atoms with Gasteiger partial charge in [0.2, 0.25) is 0 Å². The second kappa shape index (κ2) is 7.66. The molecule has 0 unspecified atom stereocenters. The van der Waals surface area contributed by atoms with Crippen molar-refractivity contribution in [2.45, 2.75) is 0 Å². The molecule has 1 N–H and O–H groups in total. The van der Waals surface area contributed by atoms with Gasteiger partial charge in [0.15, 0.2) is 0 Å². The highest BCUT2D eigenvalue weighted by Crippen LogP contribution is 2.09. The zero-order valence-electron chi connectivity index (χ0n) is 10.4. The summed E-state index contributed by atoms with van der Waals surface area (Å²) in [6, 6.07) is 13.1. The fourth-order valence-electron chi connectivity index (χ4n) is 1.28. The van der Waals surface area contributed by atoms with Crippen molar-refractivity contribution >= 4 is 12.6 Å². The van der Waals surface area contributed by atoms with Crippen LogP contribution in [0, 0.1) is 0 Å². The Labute approximate surface area is 111 Å². The van der Waals surface area contributed by atoms with Gasteiger partial charge in [-0.1, -0.05) is 12.1 Å². The van der Waals surface area contributed by atoms with Gasteiger partial charge < -0.3 is 9.84 Å². The van der Waals surface area contributed by atoms with E-state index >= 15 is 0 Å². The first-order chi connectivity index (χ1) is 9.19. The molecule has 0 aromatic heterocycles. The highest BCUT2D eigenvalue weighted by Gasteiger charge is 1.89. The SMILES string of the molecule is COc1ccc(C=O)cc1.O=Cc1cccc(O)c1. The van der Waals surface area contributed by atoms with Gasteiger partial charge in [0.25, 0.3) is 0 Å². The van der Waals surface area contributed by atoms with E-state index in [-0.39, 0.29) is 5.75 Å². The average Bonchev–Trinajstić information content (AvgIpc) is 2.48. The Kier molecular flexibility index (Phi) is 5.82. The van der Waals surface area contributed by atoms with Crippen LogP contribution in [-0.2, 0) is 0 Å². The van der Waals surface area contributed by atoms with Crippen molar-refractivity contribution in [2.75, 3.05) is 7.11 Å². The number of rotatable bonds is 3. The predicted molar refractivity (Wildman–Crippen MR) is 71.9 cm³/mol. The molecule has 0 aliphatic rings. The standard InChI is InChI=1S/C8H8O2.C7H6O2/c1-10-8-4-2-7(6-9)3-5-8;8-5-6-2-1-3-7(9)4-6/h2-6H,1H3;1-5,9H. The Morgan fingerprint density at radius 3 is 2.00 bits per heavy atom. The molecule has 0 amide bonds. The van der Waals surface area contributed by atoms with E-state index in [1.807, 2.05) is 0 Å². The van der Waals surface area contributed by atoms with E-state index in [0.717, 1.165) is 12.0 Å². The van der Waals surface area contributed by atoms with E-state index in [0.29, 0.717) is 17.4 Å². The highest BCUT2D eigenvalue weighted by atomic mass is 16.5. The number of aldehydes is 2. The maximum Gasteiger partial charge on any atom is 0.150 e. The second-order valence-electron chi connectivity index (χ2n) is 3.60. The molecule has 19 heavy (non-hydrogen) atoms. The lowest BCUT2D eigenvalue weighted by molar-refractivity contribution is 0.111. The fraction of sp³-hybridized carbons (Fsp3) is 0.0667. The number of phenols is 1. The Morgan fingerprint density at radius 2 is 1.58 bits per heavy atom. The van der Waals surface area contributed by atoms with Crippen LogP contribution in [0.2, 0.25) is 0 Å². The molecule has 2 aromatic carbocycles. The van der Waals surface area contributed by atoms with E-state index in [9.17, 15) is 9.59 Å². The predicted octanol–water partition coefficient (Wildman–Crippen LogP) is 2.71. The summed E-state index contributed by atoms with van der Waals surface area (Å²) < 4.78 is 4.90. The van der Waals surface area contributed by atoms with Crippen molar-refractivity contribution in [2.24, 2.45) is 0 Å². The van der Waals surface area contributed by atoms with Crippen LogP contribution in [0.15, 0.2) is 48.5 Å². The lowest BCUT2D eigenvalue weighted by atomic mass is 10.2. The van der Waals surface area contributed by atoms with Gasteiger partial charge >= 0.3 is 0 Å². The first-order valence-electron chi connectivity index (χ1n) is 5.53. The topological polar surface area (TPSA) is 63.6 Å². The summed E-state index contributed by atoms with van der Waals surface area (Å²) in [5, 5.41) is 8.79. The minimum absolute atomic E-state index is 0.125. The minimum atomic E-state index is 0.125. The van der Waals surface area contributed by atoms with Crippen LogP contribution >= 0.6 is 0 Å². The monoisotopic (exact) mass is 258 g/mol. The van der Waals surface area contributed by atoms with E-state index < -0.39 is 0 Å². The Hall–Kier alpha value is -2.62. The maximum absolute atomic E-state index is 10.2. The molecule has 2 aromatic rings. The highest BCUT2D eigenvalue weighted by molar-refractivity contribution is 5.75. The van der Waals surface area contributed by atoms with Crippen LogP contribution in [0.3, 0.4) is 0 Å². The van der Waals surface area contributed by atoms with Crippen molar-refractivity contribution in [1.82, 2.24) is 0 Å². The fourth-order valence-corrected chi connectivity index (χ4v) is 1.28. The van der Waals surface area contributed by atoms with Crippen LogP contribution in [-0.4, -0.2) is 24.8 Å². The lowest BCUT2D eigenvalue weighted by Gasteiger charge is -1.96. The number of carbonyl (C=O) groups excluding carboxylic acids is 2. The third-order valence-electron chi connectivity index (χ3n) is 2.26. The third-order valence-corrected chi connectivity index (χ3v) is 2.26. The molecule has 0 aliphatic heterocycles. The smallest absolute Gasteiger partial charge is 0.150 e. The minimum Gasteiger partial charge on any atom is -0.508 e. The number of phenolic OH excluding ortho intramolecular Hbond substituents is 1. The molecule has 0 heterocycles. The van der Waals surface area contributed by atoms with Crippen molar-refractivity contribution < 1.29 is 19.4 Å². The molecule has 0 atom stereocenters. The molecule has 0 radical (unpaired) electrons. The summed E-state index contributed by atoms with van der Waals surface area (Å²) in [5.74, 6) is 0.894. The summed E-state index contributed by atoms with van der Waals surface area (Å²) in [5.41, 5.74) is 1.16. The summed E-state index contributed by atoms with van der Waals surface area (Å²) in [4.78, 5) is 20.2. The summed E-state index contributed by atoms with van der Waals surface area (Å²) >= 11 is 0. The Bertz CT molecular complexity index is 532. The number of aromatic hydroxyl groups is 1. The maximum atomic E-state index is 10.2. The third kappa shape index (κ3) is 5.04. The lowest BCUT2D eigenvalue weighted by Crippen LogP contribution is -1.82. The van der Waals surface area contributed by atoms with Crippen LogP contribution in [0.5, 0.6) is 11.5 Å². The van der Waals surface area contributed by atoms with Gasteiger partial charge in [0, 0.05) is 11.1 Å². The largest absolute Gasteiger partial charge is 0.508 e. The molecule has 4 nitrogen and oxygen atoms in total. The first-order valence-corrected chi connectivity index (χ1v) is 5.53. The van der Waals surface area contributed by atoms with E-state index in [4.69, 9.17) is 9.84 Å². The van der Waals surface area contributed by atoms with Gasteiger partial charge in [0.1, 0.15) is 24.1 Å². The summed E-state index contributed by atoms with van der Waals surface area (Å²) in [6.07, 6.45) is 1.50. The van der Waals surface area contributed by atoms with E-state index in [1.165, 1.54) is 12.1 Å². The Morgan fingerprint density at radius 1 is 0.947 bits per heavy atom. The normalized spacial score (nSPS) is 8.89. The van der Waals surface area contributed by atoms with Crippen molar-refractivity contribution in [1.29, 1.82) is 0 Å². The molecule has 4 heteroatoms. The van der Waals surface area contributed by atoms with Gasteiger partial charge in [0.05, 0.1) is 7.11 Å². The zero-order chi connectivity index (χ0) is 14.1. The number of methoxy groups -OCH3 is 1. The van der Waals surface area contributed by atoms with Gasteiger partial charge in [-0.15, -0.1) is 0 Å². The molecule has 2 rings (SSSR count). The van der Waals surface area contributed by atoms with Crippen LogP contribution in [0.4, 0.5) is 0 Å². The molecule has 0 fully saturated rings. The summed E-state index contributed by atoms with van der Waals surface area (Å²) in [7, 11) is 1.59. The quantitative estimate of drug-likeness (QED) is 0.860. The number of benzene rings is 2. The average molecular weight is 258 g/mol. The molecular weight excluding hydrogens is 244 g/mol. The molecule has 0 saturated carbocycles. The van der Waals surface area contributed by atoms with Gasteiger partial charge in [-0.05, 0) is 36.4 Å². The molecular formula is C15H14O4. The molecule has 0 saturated heterocycles. The van der Waals surface area contributed by atoms with Crippen LogP contribution in [0.1, 0.15) is 20.7 Å². The molecule has 0 bridgehead atoms. The van der Waals surface area contributed by atoms with Crippen molar-refractivity contribution in [3.8, 4) is 11.5 Å². The van der Waals surface area contributed by atoms with E-state index in [1.54, 1.807) is 43.5 Å². The number of hydrogen-bond acceptors (Lipinski definition) is 4. The second-order valence-corrected chi connectivity index (χ2v) is 3.60. The molecule has 98 valence electrons.